The van der Waals surface area contributed by atoms with Crippen LogP contribution in [0, 0.1) is 12.3 Å². The van der Waals surface area contributed by atoms with E-state index in [1.54, 1.807) is 0 Å². The zero-order valence-corrected chi connectivity index (χ0v) is 12.0. The Labute approximate surface area is 119 Å². The van der Waals surface area contributed by atoms with E-state index in [-0.39, 0.29) is 0 Å². The molecule has 1 saturated carbocycles. The lowest BCUT2D eigenvalue weighted by molar-refractivity contribution is 0.524. The average Bonchev–Trinajstić information content (AvgIpc) is 3.17. The summed E-state index contributed by atoms with van der Waals surface area (Å²) in [6.45, 7) is 3.11. The van der Waals surface area contributed by atoms with E-state index in [1.165, 1.54) is 23.8 Å². The number of pyridine rings is 1. The van der Waals surface area contributed by atoms with Crippen molar-refractivity contribution in [3.05, 3.63) is 35.9 Å². The van der Waals surface area contributed by atoms with E-state index < -0.39 is 0 Å². The number of halogens is 1. The third kappa shape index (κ3) is 2.69. The van der Waals surface area contributed by atoms with Crippen molar-refractivity contribution in [3.63, 3.8) is 0 Å². The van der Waals surface area contributed by atoms with Crippen LogP contribution in [0.1, 0.15) is 24.8 Å². The maximum absolute atomic E-state index is 5.87. The predicted molar refractivity (Wildman–Crippen MR) is 82.0 cm³/mol. The third-order valence-corrected chi connectivity index (χ3v) is 4.32. The molecule has 3 heteroatoms. The summed E-state index contributed by atoms with van der Waals surface area (Å²) in [5.41, 5.74) is 2.69. The molecular weight excluding hydrogens is 256 g/mol. The molecule has 3 rings (SSSR count). The highest BCUT2D eigenvalue weighted by atomic mass is 35.5. The Bertz CT molecular complexity index is 590. The Morgan fingerprint density at radius 3 is 2.84 bits per heavy atom. The van der Waals surface area contributed by atoms with Gasteiger partial charge in [-0.25, -0.2) is 4.98 Å². The van der Waals surface area contributed by atoms with Crippen LogP contribution >= 0.6 is 11.6 Å². The smallest absolute Gasteiger partial charge is 0.129 e. The highest BCUT2D eigenvalue weighted by Gasteiger charge is 2.41. The number of hydrogen-bond donors (Lipinski definition) is 1. The van der Waals surface area contributed by atoms with Crippen LogP contribution in [-0.4, -0.2) is 17.4 Å². The van der Waals surface area contributed by atoms with Crippen LogP contribution in [0.4, 0.5) is 5.82 Å². The van der Waals surface area contributed by atoms with Gasteiger partial charge in [0.15, 0.2) is 0 Å². The number of alkyl halides is 1. The minimum absolute atomic E-state index is 0.432. The molecule has 1 aromatic heterocycles. The first-order valence-corrected chi connectivity index (χ1v) is 7.42. The number of rotatable bonds is 5. The van der Waals surface area contributed by atoms with Gasteiger partial charge in [-0.3, -0.25) is 0 Å². The second kappa shape index (κ2) is 5.01. The van der Waals surface area contributed by atoms with Crippen LogP contribution in [0.2, 0.25) is 0 Å². The summed E-state index contributed by atoms with van der Waals surface area (Å²) in [6, 6.07) is 10.5. The minimum Gasteiger partial charge on any atom is -0.369 e. The molecule has 0 atom stereocenters. The molecule has 1 aliphatic carbocycles. The molecule has 0 radical (unpaired) electrons. The third-order valence-electron chi connectivity index (χ3n) is 4.13. The lowest BCUT2D eigenvalue weighted by Gasteiger charge is -2.16. The summed E-state index contributed by atoms with van der Waals surface area (Å²) in [4.78, 5) is 4.72. The van der Waals surface area contributed by atoms with Gasteiger partial charge in [0.1, 0.15) is 5.82 Å². The van der Waals surface area contributed by atoms with Crippen LogP contribution in [0.15, 0.2) is 30.3 Å². The molecule has 100 valence electrons. The summed E-state index contributed by atoms with van der Waals surface area (Å²) in [5, 5.41) is 4.72. The van der Waals surface area contributed by atoms with Crippen molar-refractivity contribution >= 4 is 28.3 Å². The molecule has 1 heterocycles. The van der Waals surface area contributed by atoms with Crippen molar-refractivity contribution < 1.29 is 0 Å². The van der Waals surface area contributed by atoms with E-state index in [4.69, 9.17) is 16.6 Å². The zero-order chi connectivity index (χ0) is 13.3. The number of aryl methyl sites for hydroxylation is 1. The quantitative estimate of drug-likeness (QED) is 0.819. The van der Waals surface area contributed by atoms with Gasteiger partial charge < -0.3 is 5.32 Å². The number of nitrogens with one attached hydrogen (secondary N) is 1. The number of aromatic nitrogens is 1. The van der Waals surface area contributed by atoms with E-state index in [2.05, 4.69) is 36.5 Å². The first-order chi connectivity index (χ1) is 9.22. The molecule has 0 spiro atoms. The van der Waals surface area contributed by atoms with Crippen molar-refractivity contribution in [1.29, 1.82) is 0 Å². The highest BCUT2D eigenvalue weighted by molar-refractivity contribution is 6.17. The second-order valence-corrected chi connectivity index (χ2v) is 6.02. The molecule has 2 aromatic rings. The molecule has 0 unspecified atom stereocenters. The highest BCUT2D eigenvalue weighted by Crippen LogP contribution is 2.48. The van der Waals surface area contributed by atoms with Crippen LogP contribution in [0.3, 0.4) is 0 Å². The average molecular weight is 275 g/mol. The Morgan fingerprint density at radius 1 is 1.32 bits per heavy atom. The molecule has 2 nitrogen and oxygen atoms in total. The van der Waals surface area contributed by atoms with Crippen molar-refractivity contribution in [3.8, 4) is 0 Å². The Kier molecular flexibility index (Phi) is 3.36. The van der Waals surface area contributed by atoms with Crippen LogP contribution in [0.5, 0.6) is 0 Å². The number of anilines is 1. The molecule has 19 heavy (non-hydrogen) atoms. The van der Waals surface area contributed by atoms with Crippen molar-refractivity contribution in [2.24, 2.45) is 5.41 Å². The van der Waals surface area contributed by atoms with Gasteiger partial charge >= 0.3 is 0 Å². The number of para-hydroxylation sites is 1. The normalized spacial score (nSPS) is 16.5. The molecular formula is C16H19ClN2. The fourth-order valence-corrected chi connectivity index (χ4v) is 2.97. The molecule has 0 bridgehead atoms. The minimum atomic E-state index is 0.432. The van der Waals surface area contributed by atoms with Gasteiger partial charge in [0, 0.05) is 17.8 Å². The molecule has 0 aliphatic heterocycles. The molecule has 1 fully saturated rings. The van der Waals surface area contributed by atoms with Gasteiger partial charge in [-0.2, -0.15) is 0 Å². The standard InChI is InChI=1S/C16H19ClN2/c1-12-10-13-4-2-3-5-14(13)19-15(12)18-11-16(6-7-16)8-9-17/h2-5,10H,6-9,11H2,1H3,(H,18,19). The summed E-state index contributed by atoms with van der Waals surface area (Å²) in [5.74, 6) is 1.77. The van der Waals surface area contributed by atoms with Crippen LogP contribution in [-0.2, 0) is 0 Å². The molecule has 0 saturated heterocycles. The lowest BCUT2D eigenvalue weighted by atomic mass is 10.0. The van der Waals surface area contributed by atoms with E-state index in [1.807, 2.05) is 6.07 Å². The van der Waals surface area contributed by atoms with Crippen molar-refractivity contribution in [1.82, 2.24) is 4.98 Å². The van der Waals surface area contributed by atoms with Gasteiger partial charge in [-0.05, 0) is 49.3 Å². The Balaban J connectivity index is 1.79. The fourth-order valence-electron chi connectivity index (χ4n) is 2.56. The summed E-state index contributed by atoms with van der Waals surface area (Å²) < 4.78 is 0. The second-order valence-electron chi connectivity index (χ2n) is 5.64. The number of benzene rings is 1. The van der Waals surface area contributed by atoms with Crippen molar-refractivity contribution in [2.45, 2.75) is 26.2 Å². The summed E-state index contributed by atoms with van der Waals surface area (Å²) in [6.07, 6.45) is 3.69. The van der Waals surface area contributed by atoms with Gasteiger partial charge in [0.2, 0.25) is 0 Å². The molecule has 1 aliphatic rings. The first-order valence-electron chi connectivity index (χ1n) is 6.89. The SMILES string of the molecule is Cc1cc2ccccc2nc1NCC1(CCCl)CC1. The summed E-state index contributed by atoms with van der Waals surface area (Å²) in [7, 11) is 0. The van der Waals surface area contributed by atoms with Gasteiger partial charge in [-0.1, -0.05) is 18.2 Å². The molecule has 1 aromatic carbocycles. The number of nitrogens with zero attached hydrogens (tertiary/aromatic N) is 1. The molecule has 1 N–H and O–H groups in total. The van der Waals surface area contributed by atoms with Gasteiger partial charge in [0.05, 0.1) is 5.52 Å². The maximum Gasteiger partial charge on any atom is 0.129 e. The predicted octanol–water partition coefficient (Wildman–Crippen LogP) is 4.36. The monoisotopic (exact) mass is 274 g/mol. The van der Waals surface area contributed by atoms with E-state index in [0.717, 1.165) is 30.2 Å². The molecule has 0 amide bonds. The Morgan fingerprint density at radius 2 is 2.11 bits per heavy atom. The number of fused-ring (bicyclic) bond motifs is 1. The van der Waals surface area contributed by atoms with E-state index in [9.17, 15) is 0 Å². The van der Waals surface area contributed by atoms with Crippen LogP contribution < -0.4 is 5.32 Å². The zero-order valence-electron chi connectivity index (χ0n) is 11.2. The maximum atomic E-state index is 5.87. The van der Waals surface area contributed by atoms with E-state index >= 15 is 0 Å². The largest absolute Gasteiger partial charge is 0.369 e. The van der Waals surface area contributed by atoms with Crippen molar-refractivity contribution in [2.75, 3.05) is 17.7 Å². The number of hydrogen-bond acceptors (Lipinski definition) is 2. The van der Waals surface area contributed by atoms with Crippen LogP contribution in [0.25, 0.3) is 10.9 Å². The lowest BCUT2D eigenvalue weighted by Crippen LogP contribution is -2.17. The Hall–Kier alpha value is -1.28. The van der Waals surface area contributed by atoms with Gasteiger partial charge in [-0.15, -0.1) is 11.6 Å². The summed E-state index contributed by atoms with van der Waals surface area (Å²) >= 11 is 5.87. The van der Waals surface area contributed by atoms with E-state index in [0.29, 0.717) is 5.41 Å². The van der Waals surface area contributed by atoms with Gasteiger partial charge in [0.25, 0.3) is 0 Å². The first kappa shape index (κ1) is 12.7. The topological polar surface area (TPSA) is 24.9 Å². The fraction of sp³-hybridized carbons (Fsp3) is 0.438.